The summed E-state index contributed by atoms with van der Waals surface area (Å²) in [6.45, 7) is -0.0113. The molecule has 2 N–H and O–H groups in total. The quantitative estimate of drug-likeness (QED) is 0.584. The molecular weight excluding hydrogens is 164 g/mol. The van der Waals surface area contributed by atoms with Crippen molar-refractivity contribution in [1.82, 2.24) is 0 Å². The lowest BCUT2D eigenvalue weighted by atomic mass is 10.1. The summed E-state index contributed by atoms with van der Waals surface area (Å²) in [6, 6.07) is 0. The first-order valence-corrected chi connectivity index (χ1v) is 3.72. The molecule has 0 bridgehead atoms. The Morgan fingerprint density at radius 1 is 1.58 bits per heavy atom. The van der Waals surface area contributed by atoms with Gasteiger partial charge in [0.05, 0.1) is 0 Å². The molecule has 0 spiro atoms. The summed E-state index contributed by atoms with van der Waals surface area (Å²) in [6.07, 6.45) is -1.25. The minimum absolute atomic E-state index is 0.0113. The number of hydrogen-bond donors (Lipinski definition) is 2. The van der Waals surface area contributed by atoms with Crippen molar-refractivity contribution in [3.63, 3.8) is 0 Å². The topological polar surface area (TPSA) is 68.2 Å². The Kier molecular flexibility index (Phi) is 3.03. The molecule has 0 aromatic carbocycles. The smallest absolute Gasteiger partial charge is 0.219 e. The number of methoxy groups -OCH3 is 2. The van der Waals surface area contributed by atoms with Gasteiger partial charge in [0, 0.05) is 20.6 Å². The number of hydrogen-bond acceptors (Lipinski definition) is 5. The molecule has 0 aliphatic carbocycles. The van der Waals surface area contributed by atoms with Crippen LogP contribution >= 0.6 is 0 Å². The van der Waals surface area contributed by atoms with Gasteiger partial charge in [-0.15, -0.1) is 0 Å². The Hall–Kier alpha value is -0.200. The third-order valence-corrected chi connectivity index (χ3v) is 1.89. The van der Waals surface area contributed by atoms with Gasteiger partial charge < -0.3 is 24.4 Å². The van der Waals surface area contributed by atoms with Crippen molar-refractivity contribution in [2.45, 2.75) is 24.6 Å². The van der Waals surface area contributed by atoms with Gasteiger partial charge in [-0.05, 0) is 0 Å². The molecule has 0 amide bonds. The molecular formula is C7H14O5. The van der Waals surface area contributed by atoms with Crippen LogP contribution in [0.3, 0.4) is 0 Å². The monoisotopic (exact) mass is 178 g/mol. The summed E-state index contributed by atoms with van der Waals surface area (Å²) in [7, 11) is 2.89. The fraction of sp³-hybridized carbons (Fsp3) is 1.00. The van der Waals surface area contributed by atoms with E-state index in [-0.39, 0.29) is 13.0 Å². The van der Waals surface area contributed by atoms with Crippen LogP contribution in [0.2, 0.25) is 0 Å². The molecule has 1 aliphatic rings. The summed E-state index contributed by atoms with van der Waals surface area (Å²) in [5, 5.41) is 18.8. The van der Waals surface area contributed by atoms with Crippen molar-refractivity contribution in [2.75, 3.05) is 20.8 Å². The molecule has 1 fully saturated rings. The molecule has 0 aromatic rings. The van der Waals surface area contributed by atoms with Gasteiger partial charge in [0.15, 0.2) is 6.29 Å². The molecule has 2 unspecified atom stereocenters. The second-order valence-electron chi connectivity index (χ2n) is 2.81. The van der Waals surface area contributed by atoms with E-state index in [0.29, 0.717) is 0 Å². The Morgan fingerprint density at radius 3 is 2.75 bits per heavy atom. The molecule has 3 atom stereocenters. The fourth-order valence-corrected chi connectivity index (χ4v) is 1.34. The Morgan fingerprint density at radius 2 is 2.25 bits per heavy atom. The van der Waals surface area contributed by atoms with E-state index >= 15 is 0 Å². The Labute approximate surface area is 70.9 Å². The Balaban J connectivity index is 2.60. The number of rotatable bonds is 3. The highest BCUT2D eigenvalue weighted by Crippen LogP contribution is 2.29. The van der Waals surface area contributed by atoms with Crippen molar-refractivity contribution >= 4 is 0 Å². The summed E-state index contributed by atoms with van der Waals surface area (Å²) in [5.74, 6) is -1.51. The van der Waals surface area contributed by atoms with E-state index in [9.17, 15) is 5.11 Å². The summed E-state index contributed by atoms with van der Waals surface area (Å²) in [5.41, 5.74) is 0. The lowest BCUT2D eigenvalue weighted by molar-refractivity contribution is -0.277. The van der Waals surface area contributed by atoms with Crippen molar-refractivity contribution in [3.8, 4) is 0 Å². The average molecular weight is 178 g/mol. The first-order valence-electron chi connectivity index (χ1n) is 3.72. The van der Waals surface area contributed by atoms with E-state index in [1.807, 2.05) is 0 Å². The highest BCUT2D eigenvalue weighted by molar-refractivity contribution is 4.85. The average Bonchev–Trinajstić information content (AvgIpc) is 2.26. The highest BCUT2D eigenvalue weighted by atomic mass is 16.7. The SMILES string of the molecule is COC[C@@]1(O)OC(O)CC1OC. The molecule has 1 heterocycles. The van der Waals surface area contributed by atoms with Gasteiger partial charge in [-0.1, -0.05) is 0 Å². The van der Waals surface area contributed by atoms with E-state index in [4.69, 9.17) is 19.3 Å². The minimum atomic E-state index is -1.51. The zero-order valence-corrected chi connectivity index (χ0v) is 7.19. The number of aliphatic hydroxyl groups excluding tert-OH is 1. The maximum atomic E-state index is 9.69. The van der Waals surface area contributed by atoms with Gasteiger partial charge in [-0.25, -0.2) is 0 Å². The predicted molar refractivity (Wildman–Crippen MR) is 39.3 cm³/mol. The van der Waals surface area contributed by atoms with Crippen LogP contribution in [-0.4, -0.2) is 49.2 Å². The van der Waals surface area contributed by atoms with E-state index in [1.165, 1.54) is 14.2 Å². The van der Waals surface area contributed by atoms with E-state index in [0.717, 1.165) is 0 Å². The lowest BCUT2D eigenvalue weighted by Crippen LogP contribution is -2.44. The van der Waals surface area contributed by atoms with Gasteiger partial charge in [0.1, 0.15) is 12.7 Å². The lowest BCUT2D eigenvalue weighted by Gasteiger charge is -2.26. The number of ether oxygens (including phenoxy) is 3. The molecule has 1 rings (SSSR count). The molecule has 5 nitrogen and oxygen atoms in total. The highest BCUT2D eigenvalue weighted by Gasteiger charge is 2.47. The number of aliphatic hydroxyl groups is 2. The van der Waals surface area contributed by atoms with Crippen LogP contribution in [0.1, 0.15) is 6.42 Å². The molecule has 0 radical (unpaired) electrons. The largest absolute Gasteiger partial charge is 0.379 e. The summed E-state index contributed by atoms with van der Waals surface area (Å²) < 4.78 is 14.5. The van der Waals surface area contributed by atoms with Gasteiger partial charge in [-0.2, -0.15) is 0 Å². The normalized spacial score (nSPS) is 42.0. The van der Waals surface area contributed by atoms with Crippen LogP contribution in [0, 0.1) is 0 Å². The molecule has 1 aliphatic heterocycles. The van der Waals surface area contributed by atoms with Gasteiger partial charge in [-0.3, -0.25) is 0 Å². The molecule has 12 heavy (non-hydrogen) atoms. The molecule has 0 aromatic heterocycles. The van der Waals surface area contributed by atoms with Crippen molar-refractivity contribution < 1.29 is 24.4 Å². The van der Waals surface area contributed by atoms with E-state index < -0.39 is 18.2 Å². The molecule has 0 saturated carbocycles. The standard InChI is InChI=1S/C7H14O5/c1-10-4-7(9)5(11-2)3-6(8)12-7/h5-6,8-9H,3-4H2,1-2H3/t5?,6?,7-/m1/s1. The van der Waals surface area contributed by atoms with Crippen LogP contribution in [0.4, 0.5) is 0 Å². The molecule has 72 valence electrons. The van der Waals surface area contributed by atoms with Crippen molar-refractivity contribution in [3.05, 3.63) is 0 Å². The van der Waals surface area contributed by atoms with Crippen LogP contribution in [0.15, 0.2) is 0 Å². The predicted octanol–water partition coefficient (Wildman–Crippen LogP) is -0.925. The minimum Gasteiger partial charge on any atom is -0.379 e. The first kappa shape index (κ1) is 9.88. The fourth-order valence-electron chi connectivity index (χ4n) is 1.34. The van der Waals surface area contributed by atoms with Gasteiger partial charge in [0.25, 0.3) is 0 Å². The summed E-state index contributed by atoms with van der Waals surface area (Å²) in [4.78, 5) is 0. The van der Waals surface area contributed by atoms with Crippen molar-refractivity contribution in [1.29, 1.82) is 0 Å². The maximum absolute atomic E-state index is 9.69. The van der Waals surface area contributed by atoms with Crippen molar-refractivity contribution in [2.24, 2.45) is 0 Å². The van der Waals surface area contributed by atoms with Crippen LogP contribution in [-0.2, 0) is 14.2 Å². The van der Waals surface area contributed by atoms with Crippen LogP contribution in [0.5, 0.6) is 0 Å². The second kappa shape index (κ2) is 3.68. The summed E-state index contributed by atoms with van der Waals surface area (Å²) >= 11 is 0. The van der Waals surface area contributed by atoms with Crippen LogP contribution in [0.25, 0.3) is 0 Å². The first-order chi connectivity index (χ1) is 5.62. The van der Waals surface area contributed by atoms with E-state index in [2.05, 4.69) is 0 Å². The van der Waals surface area contributed by atoms with E-state index in [1.54, 1.807) is 0 Å². The molecule has 5 heteroatoms. The third-order valence-electron chi connectivity index (χ3n) is 1.89. The Bertz CT molecular complexity index is 151. The molecule has 1 saturated heterocycles. The second-order valence-corrected chi connectivity index (χ2v) is 2.81. The maximum Gasteiger partial charge on any atom is 0.219 e. The van der Waals surface area contributed by atoms with Gasteiger partial charge in [0.2, 0.25) is 5.79 Å². The van der Waals surface area contributed by atoms with Gasteiger partial charge >= 0.3 is 0 Å². The zero-order chi connectivity index (χ0) is 9.19. The van der Waals surface area contributed by atoms with Crippen LogP contribution < -0.4 is 0 Å². The third kappa shape index (κ3) is 1.75. The zero-order valence-electron chi connectivity index (χ0n) is 7.19.